The lowest BCUT2D eigenvalue weighted by Crippen LogP contribution is -2.59. The molecular formula is C41H45N3O7. The molecule has 2 N–H and O–H groups in total. The van der Waals surface area contributed by atoms with Crippen molar-refractivity contribution in [2.45, 2.75) is 76.0 Å². The Morgan fingerprint density at radius 2 is 1.71 bits per heavy atom. The van der Waals surface area contributed by atoms with Gasteiger partial charge in [0.2, 0.25) is 11.8 Å². The molecule has 2 saturated heterocycles. The summed E-state index contributed by atoms with van der Waals surface area (Å²) in [5.74, 6) is -3.99. The predicted octanol–water partition coefficient (Wildman–Crippen LogP) is 4.87. The topological polar surface area (TPSA) is 125 Å². The quantitative estimate of drug-likeness (QED) is 0.279. The number of benzene rings is 3. The second-order valence-electron chi connectivity index (χ2n) is 14.2. The molecule has 7 rings (SSSR count). The van der Waals surface area contributed by atoms with Gasteiger partial charge in [-0.25, -0.2) is 0 Å². The first kappa shape index (κ1) is 34.6. The zero-order chi connectivity index (χ0) is 35.9. The predicted molar refractivity (Wildman–Crippen MR) is 192 cm³/mol. The number of aliphatic hydroxyl groups excluding tert-OH is 1. The van der Waals surface area contributed by atoms with Crippen LogP contribution in [0, 0.1) is 17.8 Å². The third-order valence-electron chi connectivity index (χ3n) is 11.2. The van der Waals surface area contributed by atoms with E-state index in [-0.39, 0.29) is 37.3 Å². The maximum absolute atomic E-state index is 15.1. The number of cyclic esters (lactones) is 1. The standard InChI is InChI=1S/C41H45N3O7/c1-4-25(2)31(24-45)44-37-39(48)43(30-20-19-27-13-8-9-16-29(27)23-30)22-12-21-41(37)35(38(44)47)34-32(51-41)17-10-11-18-33(46)42-26(3)36(50-40(34)49)28-14-6-5-7-15-28/h5-10,12-17,19-21,23,25-26,31-32,34-37,45H,4,11,18,22,24H2,1-3H3,(H,42,46)/b17-10-/t25-,26+,31-,32+,34-,35-,36-,37+,41-/m0/s1. The van der Waals surface area contributed by atoms with Crippen molar-refractivity contribution in [2.75, 3.05) is 18.1 Å². The van der Waals surface area contributed by atoms with Gasteiger partial charge < -0.3 is 29.7 Å². The fourth-order valence-electron chi connectivity index (χ4n) is 8.39. The number of carbonyl (C=O) groups is 4. The van der Waals surface area contributed by atoms with Crippen LogP contribution in [-0.4, -0.2) is 76.7 Å². The highest BCUT2D eigenvalue weighted by atomic mass is 16.6. The number of esters is 1. The number of carbonyl (C=O) groups excluding carboxylic acids is 4. The number of ether oxygens (including phenoxy) is 2. The van der Waals surface area contributed by atoms with Gasteiger partial charge in [-0.3, -0.25) is 19.2 Å². The molecule has 0 aliphatic carbocycles. The summed E-state index contributed by atoms with van der Waals surface area (Å²) in [5.41, 5.74) is -0.163. The average molecular weight is 692 g/mol. The summed E-state index contributed by atoms with van der Waals surface area (Å²) in [7, 11) is 0. The van der Waals surface area contributed by atoms with Gasteiger partial charge in [0.05, 0.1) is 30.7 Å². The number of amides is 3. The second-order valence-corrected chi connectivity index (χ2v) is 14.2. The van der Waals surface area contributed by atoms with Gasteiger partial charge >= 0.3 is 5.97 Å². The molecule has 0 saturated carbocycles. The maximum Gasteiger partial charge on any atom is 0.313 e. The van der Waals surface area contributed by atoms with Crippen LogP contribution in [0.3, 0.4) is 0 Å². The Bertz CT molecular complexity index is 1880. The third kappa shape index (κ3) is 6.04. The first-order valence-corrected chi connectivity index (χ1v) is 18.0. The Morgan fingerprint density at radius 3 is 2.45 bits per heavy atom. The van der Waals surface area contributed by atoms with E-state index in [2.05, 4.69) is 5.32 Å². The van der Waals surface area contributed by atoms with Crippen molar-refractivity contribution >= 4 is 40.2 Å². The van der Waals surface area contributed by atoms with Crippen LogP contribution in [0.1, 0.15) is 51.7 Å². The number of anilines is 1. The molecule has 10 nitrogen and oxygen atoms in total. The lowest BCUT2D eigenvalue weighted by molar-refractivity contribution is -0.162. The summed E-state index contributed by atoms with van der Waals surface area (Å²) in [6.07, 6.45) is 6.65. The van der Waals surface area contributed by atoms with Crippen LogP contribution >= 0.6 is 0 Å². The number of likely N-dealkylation sites (tertiary alicyclic amines) is 1. The van der Waals surface area contributed by atoms with Gasteiger partial charge in [0, 0.05) is 18.7 Å². The highest BCUT2D eigenvalue weighted by Gasteiger charge is 2.73. The van der Waals surface area contributed by atoms with Crippen LogP contribution < -0.4 is 10.2 Å². The van der Waals surface area contributed by atoms with E-state index in [0.29, 0.717) is 24.1 Å². The fraction of sp³-hybridized carbons (Fsp3) is 0.415. The molecule has 3 aromatic rings. The van der Waals surface area contributed by atoms with Crippen LogP contribution in [0.4, 0.5) is 5.69 Å². The lowest BCUT2D eigenvalue weighted by Gasteiger charge is -2.40. The zero-order valence-electron chi connectivity index (χ0n) is 29.2. The van der Waals surface area contributed by atoms with E-state index in [1.165, 1.54) is 4.90 Å². The van der Waals surface area contributed by atoms with Crippen LogP contribution in [0.5, 0.6) is 0 Å². The van der Waals surface area contributed by atoms with E-state index in [1.807, 2.05) is 92.7 Å². The van der Waals surface area contributed by atoms with E-state index in [4.69, 9.17) is 9.47 Å². The van der Waals surface area contributed by atoms with Gasteiger partial charge in [-0.15, -0.1) is 0 Å². The molecule has 9 atom stereocenters. The Morgan fingerprint density at radius 1 is 0.961 bits per heavy atom. The molecule has 4 aliphatic rings. The molecule has 2 fully saturated rings. The summed E-state index contributed by atoms with van der Waals surface area (Å²) in [4.78, 5) is 60.7. The number of nitrogens with one attached hydrogen (secondary N) is 1. The van der Waals surface area contributed by atoms with Gasteiger partial charge in [-0.05, 0) is 47.7 Å². The summed E-state index contributed by atoms with van der Waals surface area (Å²) in [6, 6.07) is 20.5. The zero-order valence-corrected chi connectivity index (χ0v) is 29.2. The van der Waals surface area contributed by atoms with Gasteiger partial charge in [0.1, 0.15) is 23.7 Å². The molecule has 51 heavy (non-hydrogen) atoms. The van der Waals surface area contributed by atoms with Crippen molar-refractivity contribution in [2.24, 2.45) is 17.8 Å². The summed E-state index contributed by atoms with van der Waals surface area (Å²) in [6.45, 7) is 5.57. The fourth-order valence-corrected chi connectivity index (χ4v) is 8.39. The van der Waals surface area contributed by atoms with Gasteiger partial charge in [-0.2, -0.15) is 0 Å². The Kier molecular flexibility index (Phi) is 9.56. The third-order valence-corrected chi connectivity index (χ3v) is 11.2. The SMILES string of the molecule is CC[C@H](C)[C@H](CO)N1C(=O)[C@@H]2[C@H]3C(=O)O[C@H](c4ccccc4)[C@@H](C)NC(=O)CC/C=C\[C@H]3O[C@@]23C=CCN(c2ccc4ccccc4c2)C(=O)[C@@H]13. The highest BCUT2D eigenvalue weighted by molar-refractivity contribution is 6.06. The monoisotopic (exact) mass is 691 g/mol. The van der Waals surface area contributed by atoms with Gasteiger partial charge in [0.25, 0.3) is 5.91 Å². The lowest BCUT2D eigenvalue weighted by atomic mass is 9.77. The van der Waals surface area contributed by atoms with Gasteiger partial charge in [0.15, 0.2) is 0 Å². The minimum absolute atomic E-state index is 0.158. The highest BCUT2D eigenvalue weighted by Crippen LogP contribution is 2.54. The minimum Gasteiger partial charge on any atom is -0.455 e. The van der Waals surface area contributed by atoms with Crippen molar-refractivity contribution in [1.29, 1.82) is 0 Å². The Balaban J connectivity index is 1.35. The number of fused-ring (bicyclic) bond motifs is 3. The molecule has 4 aliphatic heterocycles. The molecule has 0 bridgehead atoms. The Labute approximate surface area is 298 Å². The summed E-state index contributed by atoms with van der Waals surface area (Å²) >= 11 is 0. The van der Waals surface area contributed by atoms with E-state index in [9.17, 15) is 14.7 Å². The summed E-state index contributed by atoms with van der Waals surface area (Å²) in [5, 5.41) is 15.8. The van der Waals surface area contributed by atoms with Crippen molar-refractivity contribution in [3.05, 3.63) is 103 Å². The first-order chi connectivity index (χ1) is 24.7. The van der Waals surface area contributed by atoms with Crippen molar-refractivity contribution in [3.63, 3.8) is 0 Å². The van der Waals surface area contributed by atoms with E-state index in [0.717, 1.165) is 10.8 Å². The van der Waals surface area contributed by atoms with E-state index >= 15 is 9.59 Å². The molecular weight excluding hydrogens is 646 g/mol. The number of hydrogen-bond acceptors (Lipinski definition) is 7. The van der Waals surface area contributed by atoms with Crippen molar-refractivity contribution < 1.29 is 33.8 Å². The van der Waals surface area contributed by atoms with Crippen LogP contribution in [0.15, 0.2) is 97.1 Å². The smallest absolute Gasteiger partial charge is 0.313 e. The average Bonchev–Trinajstić information content (AvgIpc) is 3.53. The van der Waals surface area contributed by atoms with Gasteiger partial charge in [-0.1, -0.05) is 105 Å². The number of allylic oxidation sites excluding steroid dienone is 1. The Hall–Kier alpha value is -4.80. The van der Waals surface area contributed by atoms with Crippen LogP contribution in [0.2, 0.25) is 0 Å². The number of hydrogen-bond donors (Lipinski definition) is 2. The van der Waals surface area contributed by atoms with Crippen LogP contribution in [0.25, 0.3) is 10.8 Å². The molecule has 3 amide bonds. The maximum atomic E-state index is 15.1. The molecule has 4 heterocycles. The van der Waals surface area contributed by atoms with E-state index < -0.39 is 59.6 Å². The van der Waals surface area contributed by atoms with Crippen molar-refractivity contribution in [1.82, 2.24) is 10.2 Å². The molecule has 0 unspecified atom stereocenters. The second kappa shape index (κ2) is 14.1. The molecule has 3 aromatic carbocycles. The normalized spacial score (nSPS) is 31.4. The van der Waals surface area contributed by atoms with E-state index in [1.54, 1.807) is 30.1 Å². The minimum atomic E-state index is -1.53. The molecule has 1 spiro atoms. The van der Waals surface area contributed by atoms with Crippen molar-refractivity contribution in [3.8, 4) is 0 Å². The number of rotatable bonds is 6. The summed E-state index contributed by atoms with van der Waals surface area (Å²) < 4.78 is 13.2. The largest absolute Gasteiger partial charge is 0.455 e. The molecule has 10 heteroatoms. The molecule has 0 aromatic heterocycles. The number of aliphatic hydroxyl groups is 1. The molecule has 266 valence electrons. The first-order valence-electron chi connectivity index (χ1n) is 18.0. The number of nitrogens with zero attached hydrogens (tertiary/aromatic N) is 2. The van der Waals surface area contributed by atoms with Crippen LogP contribution in [-0.2, 0) is 28.7 Å². The molecule has 0 radical (unpaired) electrons.